The molecule has 1 heterocycles. The Bertz CT molecular complexity index is 383. The van der Waals surface area contributed by atoms with Gasteiger partial charge in [-0.25, -0.2) is 0 Å². The quantitative estimate of drug-likeness (QED) is 0.902. The number of benzene rings is 1. The van der Waals surface area contributed by atoms with Crippen LogP contribution in [0.5, 0.6) is 5.75 Å². The summed E-state index contributed by atoms with van der Waals surface area (Å²) in [6.45, 7) is 3.05. The minimum atomic E-state index is 0.198. The Morgan fingerprint density at radius 3 is 2.94 bits per heavy atom. The van der Waals surface area contributed by atoms with Gasteiger partial charge in [-0.15, -0.1) is 0 Å². The van der Waals surface area contributed by atoms with Crippen molar-refractivity contribution in [1.29, 1.82) is 0 Å². The molecule has 3 nitrogen and oxygen atoms in total. The van der Waals surface area contributed by atoms with E-state index in [1.54, 1.807) is 0 Å². The van der Waals surface area contributed by atoms with Crippen molar-refractivity contribution < 1.29 is 4.74 Å². The number of fused-ring (bicyclic) bond motifs is 1. The topological polar surface area (TPSA) is 24.5 Å². The fourth-order valence-corrected chi connectivity index (χ4v) is 2.36. The molecular weight excluding hydrogens is 268 g/mol. The van der Waals surface area contributed by atoms with Crippen LogP contribution >= 0.6 is 15.9 Å². The van der Waals surface area contributed by atoms with E-state index in [0.717, 1.165) is 22.5 Å². The fraction of sp³-hybridized carbons (Fsp3) is 0.500. The Labute approximate surface area is 105 Å². The average Bonchev–Trinajstić information content (AvgIpc) is 2.27. The zero-order chi connectivity index (χ0) is 11.7. The van der Waals surface area contributed by atoms with Gasteiger partial charge in [-0.1, -0.05) is 15.9 Å². The maximum Gasteiger partial charge on any atom is 0.143 e. The maximum absolute atomic E-state index is 5.98. The molecule has 1 aliphatic heterocycles. The number of nitrogens with one attached hydrogen (secondary N) is 1. The normalized spacial score (nSPS) is 23.9. The lowest BCUT2D eigenvalue weighted by Gasteiger charge is -2.39. The van der Waals surface area contributed by atoms with Gasteiger partial charge in [0.15, 0.2) is 0 Å². The maximum atomic E-state index is 5.98. The molecule has 1 aromatic rings. The van der Waals surface area contributed by atoms with E-state index in [-0.39, 0.29) is 6.10 Å². The van der Waals surface area contributed by atoms with Crippen molar-refractivity contribution in [3.8, 4) is 5.75 Å². The van der Waals surface area contributed by atoms with Crippen LogP contribution in [0.15, 0.2) is 22.7 Å². The van der Waals surface area contributed by atoms with Crippen molar-refractivity contribution in [2.45, 2.75) is 19.1 Å². The number of anilines is 1. The minimum Gasteiger partial charge on any atom is -0.485 e. The van der Waals surface area contributed by atoms with E-state index in [2.05, 4.69) is 46.2 Å². The number of hydrogen-bond donors (Lipinski definition) is 1. The highest BCUT2D eigenvalue weighted by atomic mass is 79.9. The second-order valence-electron chi connectivity index (χ2n) is 4.18. The molecule has 0 radical (unpaired) electrons. The minimum absolute atomic E-state index is 0.198. The molecule has 1 N–H and O–H groups in total. The van der Waals surface area contributed by atoms with E-state index in [0.29, 0.717) is 6.04 Å². The lowest BCUT2D eigenvalue weighted by atomic mass is 10.1. The van der Waals surface area contributed by atoms with E-state index < -0.39 is 0 Å². The van der Waals surface area contributed by atoms with Crippen LogP contribution in [0.4, 0.5) is 5.69 Å². The third-order valence-corrected chi connectivity index (χ3v) is 3.63. The third kappa shape index (κ3) is 2.04. The zero-order valence-corrected chi connectivity index (χ0v) is 11.4. The fourth-order valence-electron chi connectivity index (χ4n) is 2.01. The van der Waals surface area contributed by atoms with Gasteiger partial charge in [0, 0.05) is 18.1 Å². The van der Waals surface area contributed by atoms with Gasteiger partial charge in [-0.3, -0.25) is 0 Å². The largest absolute Gasteiger partial charge is 0.485 e. The standard InChI is InChI=1S/C12H17BrN2O/c1-8-12(7-14-2)16-11-5-4-9(13)6-10(11)15(8)3/h4-6,8,12,14H,7H2,1-3H3. The molecule has 0 fully saturated rings. The van der Waals surface area contributed by atoms with Crippen molar-refractivity contribution in [2.24, 2.45) is 0 Å². The first-order chi connectivity index (χ1) is 7.63. The SMILES string of the molecule is CNCC1Oc2ccc(Br)cc2N(C)C1C. The van der Waals surface area contributed by atoms with Crippen LogP contribution in [0, 0.1) is 0 Å². The number of rotatable bonds is 2. The molecule has 16 heavy (non-hydrogen) atoms. The third-order valence-electron chi connectivity index (χ3n) is 3.13. The average molecular weight is 285 g/mol. The molecule has 0 saturated heterocycles. The number of hydrogen-bond acceptors (Lipinski definition) is 3. The van der Waals surface area contributed by atoms with Gasteiger partial charge >= 0.3 is 0 Å². The molecule has 0 spiro atoms. The van der Waals surface area contributed by atoms with Gasteiger partial charge < -0.3 is 15.0 Å². The monoisotopic (exact) mass is 284 g/mol. The second-order valence-corrected chi connectivity index (χ2v) is 5.09. The predicted octanol–water partition coefficient (Wildman–Crippen LogP) is 2.25. The van der Waals surface area contributed by atoms with E-state index in [1.165, 1.54) is 0 Å². The molecule has 0 aliphatic carbocycles. The Morgan fingerprint density at radius 2 is 2.25 bits per heavy atom. The van der Waals surface area contributed by atoms with Gasteiger partial charge in [0.25, 0.3) is 0 Å². The predicted molar refractivity (Wildman–Crippen MR) is 70.3 cm³/mol. The van der Waals surface area contributed by atoms with Crippen LogP contribution in [-0.4, -0.2) is 32.8 Å². The van der Waals surface area contributed by atoms with Gasteiger partial charge in [0.2, 0.25) is 0 Å². The van der Waals surface area contributed by atoms with Crippen molar-refractivity contribution >= 4 is 21.6 Å². The Kier molecular flexibility index (Phi) is 3.40. The van der Waals surface area contributed by atoms with Crippen molar-refractivity contribution in [3.05, 3.63) is 22.7 Å². The van der Waals surface area contributed by atoms with Crippen LogP contribution in [0.25, 0.3) is 0 Å². The summed E-state index contributed by atoms with van der Waals surface area (Å²) in [5.74, 6) is 0.962. The van der Waals surface area contributed by atoms with Crippen LogP contribution in [0.1, 0.15) is 6.92 Å². The van der Waals surface area contributed by atoms with Gasteiger partial charge in [-0.2, -0.15) is 0 Å². The smallest absolute Gasteiger partial charge is 0.143 e. The highest BCUT2D eigenvalue weighted by Crippen LogP contribution is 2.36. The molecular formula is C12H17BrN2O. The summed E-state index contributed by atoms with van der Waals surface area (Å²) in [6, 6.07) is 6.50. The van der Waals surface area contributed by atoms with Crippen LogP contribution in [0.3, 0.4) is 0 Å². The van der Waals surface area contributed by atoms with Gasteiger partial charge in [0.05, 0.1) is 11.7 Å². The van der Waals surface area contributed by atoms with E-state index in [9.17, 15) is 0 Å². The molecule has 0 saturated carbocycles. The van der Waals surface area contributed by atoms with Crippen molar-refractivity contribution in [3.63, 3.8) is 0 Å². The number of ether oxygens (including phenoxy) is 1. The summed E-state index contributed by atoms with van der Waals surface area (Å²) in [6.07, 6.45) is 0.198. The van der Waals surface area contributed by atoms with Crippen LogP contribution < -0.4 is 15.0 Å². The molecule has 1 aromatic carbocycles. The first kappa shape index (κ1) is 11.7. The lowest BCUT2D eigenvalue weighted by Crippen LogP contribution is -2.50. The highest BCUT2D eigenvalue weighted by Gasteiger charge is 2.30. The summed E-state index contributed by atoms with van der Waals surface area (Å²) in [5, 5.41) is 3.17. The number of likely N-dealkylation sites (N-methyl/N-ethyl adjacent to an activating group) is 2. The van der Waals surface area contributed by atoms with Gasteiger partial charge in [0.1, 0.15) is 11.9 Å². The van der Waals surface area contributed by atoms with Crippen LogP contribution in [-0.2, 0) is 0 Å². The van der Waals surface area contributed by atoms with E-state index in [1.807, 2.05) is 19.2 Å². The molecule has 2 atom stereocenters. The Balaban J connectivity index is 2.32. The first-order valence-corrected chi connectivity index (χ1v) is 6.26. The van der Waals surface area contributed by atoms with E-state index >= 15 is 0 Å². The second kappa shape index (κ2) is 4.63. The molecule has 0 aromatic heterocycles. The van der Waals surface area contributed by atoms with Crippen molar-refractivity contribution in [2.75, 3.05) is 25.5 Å². The molecule has 2 unspecified atom stereocenters. The summed E-state index contributed by atoms with van der Waals surface area (Å²) >= 11 is 3.49. The van der Waals surface area contributed by atoms with Crippen LogP contribution in [0.2, 0.25) is 0 Å². The molecule has 1 aliphatic rings. The van der Waals surface area contributed by atoms with Gasteiger partial charge in [-0.05, 0) is 32.2 Å². The highest BCUT2D eigenvalue weighted by molar-refractivity contribution is 9.10. The summed E-state index contributed by atoms with van der Waals surface area (Å²) in [7, 11) is 4.06. The molecule has 0 bridgehead atoms. The molecule has 0 amide bonds. The first-order valence-electron chi connectivity index (χ1n) is 5.47. The Hall–Kier alpha value is -0.740. The Morgan fingerprint density at radius 1 is 1.50 bits per heavy atom. The summed E-state index contributed by atoms with van der Waals surface area (Å²) in [5.41, 5.74) is 1.15. The molecule has 88 valence electrons. The molecule has 2 rings (SSSR count). The lowest BCUT2D eigenvalue weighted by molar-refractivity contribution is 0.160. The van der Waals surface area contributed by atoms with Crippen molar-refractivity contribution in [1.82, 2.24) is 5.32 Å². The molecule has 4 heteroatoms. The number of halogens is 1. The summed E-state index contributed by atoms with van der Waals surface area (Å²) in [4.78, 5) is 2.27. The van der Waals surface area contributed by atoms with E-state index in [4.69, 9.17) is 4.74 Å². The number of nitrogens with zero attached hydrogens (tertiary/aromatic N) is 1. The zero-order valence-electron chi connectivity index (χ0n) is 9.83. The summed E-state index contributed by atoms with van der Waals surface area (Å²) < 4.78 is 7.07.